The lowest BCUT2D eigenvalue weighted by atomic mass is 9.85. The van der Waals surface area contributed by atoms with Crippen molar-refractivity contribution in [2.75, 3.05) is 7.11 Å². The largest absolute Gasteiger partial charge is 0.489 e. The number of allylic oxidation sites excluding steroid dienone is 3. The third-order valence-electron chi connectivity index (χ3n) is 5.02. The van der Waals surface area contributed by atoms with Gasteiger partial charge in [-0.3, -0.25) is 4.79 Å². The average Bonchev–Trinajstić information content (AvgIpc) is 3.07. The number of methoxy groups -OCH3 is 1. The van der Waals surface area contributed by atoms with Gasteiger partial charge in [0.15, 0.2) is 5.78 Å². The maximum atomic E-state index is 13.0. The Bertz CT molecular complexity index is 1010. The van der Waals surface area contributed by atoms with Crippen LogP contribution in [0.15, 0.2) is 89.7 Å². The van der Waals surface area contributed by atoms with Crippen molar-refractivity contribution in [2.24, 2.45) is 5.92 Å². The average molecular weight is 402 g/mol. The Morgan fingerprint density at radius 2 is 1.50 bits per heavy atom. The SMILES string of the molecule is COC(=O)C1=C(C)OC(/C(=C/C(=O)c2ccccc2)c2ccccc2)C1C=C(C)C. The maximum Gasteiger partial charge on any atom is 0.337 e. The Morgan fingerprint density at radius 3 is 2.03 bits per heavy atom. The van der Waals surface area contributed by atoms with Crippen LogP contribution in [0.2, 0.25) is 0 Å². The highest BCUT2D eigenvalue weighted by molar-refractivity contribution is 6.09. The fourth-order valence-electron chi connectivity index (χ4n) is 3.68. The summed E-state index contributed by atoms with van der Waals surface area (Å²) in [6.07, 6.45) is 3.11. The van der Waals surface area contributed by atoms with Crippen molar-refractivity contribution in [3.05, 3.63) is 101 Å². The second-order valence-electron chi connectivity index (χ2n) is 7.47. The van der Waals surface area contributed by atoms with E-state index in [0.29, 0.717) is 16.9 Å². The fraction of sp³-hybridized carbons (Fsp3) is 0.231. The first-order chi connectivity index (χ1) is 14.4. The Labute approximate surface area is 177 Å². The Kier molecular flexibility index (Phi) is 6.68. The zero-order valence-corrected chi connectivity index (χ0v) is 17.7. The molecule has 0 amide bonds. The summed E-state index contributed by atoms with van der Waals surface area (Å²) in [6.45, 7) is 5.71. The van der Waals surface area contributed by atoms with E-state index in [1.54, 1.807) is 25.1 Å². The number of carbonyl (C=O) groups is 2. The molecule has 2 unspecified atom stereocenters. The molecule has 1 heterocycles. The zero-order chi connectivity index (χ0) is 21.7. The standard InChI is InChI=1S/C26H26O4/c1-17(2)15-22-24(26(28)29-4)18(3)30-25(22)21(19-11-7-5-8-12-19)16-23(27)20-13-9-6-10-14-20/h5-16,22,25H,1-4H3/b21-16+. The molecule has 2 atom stereocenters. The van der Waals surface area contributed by atoms with Crippen molar-refractivity contribution < 1.29 is 19.1 Å². The molecule has 4 nitrogen and oxygen atoms in total. The number of ether oxygens (including phenoxy) is 2. The lowest BCUT2D eigenvalue weighted by molar-refractivity contribution is -0.136. The Hall–Kier alpha value is -3.40. The summed E-state index contributed by atoms with van der Waals surface area (Å²) in [4.78, 5) is 25.5. The van der Waals surface area contributed by atoms with Crippen LogP contribution < -0.4 is 0 Å². The van der Waals surface area contributed by atoms with Crippen LogP contribution in [-0.4, -0.2) is 25.0 Å². The van der Waals surface area contributed by atoms with Gasteiger partial charge in [-0.1, -0.05) is 72.3 Å². The summed E-state index contributed by atoms with van der Waals surface area (Å²) < 4.78 is 11.2. The van der Waals surface area contributed by atoms with E-state index in [9.17, 15) is 9.59 Å². The molecule has 0 spiro atoms. The van der Waals surface area contributed by atoms with Gasteiger partial charge in [0.2, 0.25) is 0 Å². The highest BCUT2D eigenvalue weighted by Crippen LogP contribution is 2.40. The molecule has 154 valence electrons. The highest BCUT2D eigenvalue weighted by Gasteiger charge is 2.40. The van der Waals surface area contributed by atoms with Crippen molar-refractivity contribution in [1.82, 2.24) is 0 Å². The molecule has 0 saturated carbocycles. The first-order valence-electron chi connectivity index (χ1n) is 9.89. The molecule has 0 aliphatic carbocycles. The molecule has 2 aromatic rings. The number of hydrogen-bond acceptors (Lipinski definition) is 4. The van der Waals surface area contributed by atoms with Gasteiger partial charge in [-0.05, 0) is 32.4 Å². The fourth-order valence-corrected chi connectivity index (χ4v) is 3.68. The van der Waals surface area contributed by atoms with E-state index in [0.717, 1.165) is 16.7 Å². The predicted molar refractivity (Wildman–Crippen MR) is 118 cm³/mol. The molecule has 0 saturated heterocycles. The van der Waals surface area contributed by atoms with Crippen molar-refractivity contribution in [2.45, 2.75) is 26.9 Å². The summed E-state index contributed by atoms with van der Waals surface area (Å²) in [5, 5.41) is 0. The zero-order valence-electron chi connectivity index (χ0n) is 17.7. The van der Waals surface area contributed by atoms with Crippen molar-refractivity contribution in [1.29, 1.82) is 0 Å². The summed E-state index contributed by atoms with van der Waals surface area (Å²) in [5.41, 5.74) is 3.73. The molecule has 0 fully saturated rings. The van der Waals surface area contributed by atoms with E-state index < -0.39 is 12.1 Å². The molecule has 1 aliphatic rings. The van der Waals surface area contributed by atoms with E-state index in [1.807, 2.05) is 68.5 Å². The second kappa shape index (κ2) is 9.40. The molecular formula is C26H26O4. The van der Waals surface area contributed by atoms with Gasteiger partial charge in [0.05, 0.1) is 18.6 Å². The predicted octanol–water partition coefficient (Wildman–Crippen LogP) is 5.38. The summed E-state index contributed by atoms with van der Waals surface area (Å²) in [6, 6.07) is 18.8. The molecule has 0 aromatic heterocycles. The summed E-state index contributed by atoms with van der Waals surface area (Å²) in [7, 11) is 1.36. The maximum absolute atomic E-state index is 13.0. The summed E-state index contributed by atoms with van der Waals surface area (Å²) in [5.74, 6) is -0.363. The molecule has 0 bridgehead atoms. The van der Waals surface area contributed by atoms with Crippen molar-refractivity contribution >= 4 is 17.3 Å². The van der Waals surface area contributed by atoms with Crippen LogP contribution in [-0.2, 0) is 14.3 Å². The Morgan fingerprint density at radius 1 is 0.933 bits per heavy atom. The van der Waals surface area contributed by atoms with Gasteiger partial charge in [0.1, 0.15) is 11.9 Å². The van der Waals surface area contributed by atoms with Gasteiger partial charge in [0, 0.05) is 11.1 Å². The van der Waals surface area contributed by atoms with Gasteiger partial charge >= 0.3 is 5.97 Å². The van der Waals surface area contributed by atoms with E-state index in [2.05, 4.69) is 0 Å². The van der Waals surface area contributed by atoms with Gasteiger partial charge in [0.25, 0.3) is 0 Å². The van der Waals surface area contributed by atoms with Crippen LogP contribution in [0.4, 0.5) is 0 Å². The van der Waals surface area contributed by atoms with Crippen LogP contribution in [0, 0.1) is 5.92 Å². The van der Waals surface area contributed by atoms with Crippen molar-refractivity contribution in [3.8, 4) is 0 Å². The van der Waals surface area contributed by atoms with E-state index in [1.165, 1.54) is 7.11 Å². The lowest BCUT2D eigenvalue weighted by Crippen LogP contribution is -2.23. The molecule has 1 aliphatic heterocycles. The molecule has 2 aromatic carbocycles. The van der Waals surface area contributed by atoms with Gasteiger partial charge in [-0.2, -0.15) is 0 Å². The second-order valence-corrected chi connectivity index (χ2v) is 7.47. The van der Waals surface area contributed by atoms with Crippen LogP contribution >= 0.6 is 0 Å². The lowest BCUT2D eigenvalue weighted by Gasteiger charge is -2.22. The van der Waals surface area contributed by atoms with Crippen LogP contribution in [0.25, 0.3) is 5.57 Å². The smallest absolute Gasteiger partial charge is 0.337 e. The molecule has 4 heteroatoms. The minimum atomic E-state index is -0.510. The van der Waals surface area contributed by atoms with E-state index >= 15 is 0 Å². The monoisotopic (exact) mass is 402 g/mol. The minimum Gasteiger partial charge on any atom is -0.489 e. The van der Waals surface area contributed by atoms with Gasteiger partial charge < -0.3 is 9.47 Å². The number of ketones is 1. The van der Waals surface area contributed by atoms with Crippen LogP contribution in [0.3, 0.4) is 0 Å². The van der Waals surface area contributed by atoms with E-state index in [4.69, 9.17) is 9.47 Å². The van der Waals surface area contributed by atoms with E-state index in [-0.39, 0.29) is 11.7 Å². The molecular weight excluding hydrogens is 376 g/mol. The highest BCUT2D eigenvalue weighted by atomic mass is 16.5. The number of benzene rings is 2. The van der Waals surface area contributed by atoms with Crippen LogP contribution in [0.5, 0.6) is 0 Å². The quantitative estimate of drug-likeness (QED) is 0.282. The molecule has 0 N–H and O–H groups in total. The van der Waals surface area contributed by atoms with Crippen molar-refractivity contribution in [3.63, 3.8) is 0 Å². The number of carbonyl (C=O) groups excluding carboxylic acids is 2. The third-order valence-corrected chi connectivity index (χ3v) is 5.02. The summed E-state index contributed by atoms with van der Waals surface area (Å²) >= 11 is 0. The molecule has 3 rings (SSSR count). The third kappa shape index (κ3) is 4.60. The van der Waals surface area contributed by atoms with Gasteiger partial charge in [-0.25, -0.2) is 4.79 Å². The number of hydrogen-bond donors (Lipinski definition) is 0. The molecule has 30 heavy (non-hydrogen) atoms. The minimum absolute atomic E-state index is 0.113. The normalized spacial score (nSPS) is 18.6. The molecule has 0 radical (unpaired) electrons. The number of rotatable bonds is 6. The first-order valence-corrected chi connectivity index (χ1v) is 9.89. The topological polar surface area (TPSA) is 52.6 Å². The Balaban J connectivity index is 2.12. The van der Waals surface area contributed by atoms with Gasteiger partial charge in [-0.15, -0.1) is 0 Å². The number of esters is 1. The first kappa shape index (κ1) is 21.3. The van der Waals surface area contributed by atoms with Crippen LogP contribution in [0.1, 0.15) is 36.7 Å².